The van der Waals surface area contributed by atoms with Gasteiger partial charge < -0.3 is 11.1 Å². The third-order valence-corrected chi connectivity index (χ3v) is 4.90. The lowest BCUT2D eigenvalue weighted by Gasteiger charge is -2.43. The van der Waals surface area contributed by atoms with E-state index in [-0.39, 0.29) is 12.8 Å². The van der Waals surface area contributed by atoms with Crippen molar-refractivity contribution in [2.24, 2.45) is 17.6 Å². The fourth-order valence-corrected chi connectivity index (χ4v) is 3.79. The topological polar surface area (TPSA) is 38.0 Å². The molecule has 2 aliphatic carbocycles. The molecular formula is C14H25F3N2. The van der Waals surface area contributed by atoms with E-state index >= 15 is 0 Å². The Morgan fingerprint density at radius 2 is 2.00 bits per heavy atom. The highest BCUT2D eigenvalue weighted by molar-refractivity contribution is 4.99. The lowest BCUT2D eigenvalue weighted by atomic mass is 9.75. The molecule has 0 aromatic rings. The van der Waals surface area contributed by atoms with E-state index in [2.05, 4.69) is 12.2 Å². The van der Waals surface area contributed by atoms with E-state index in [4.69, 9.17) is 5.73 Å². The number of halogens is 3. The Hall–Kier alpha value is -0.290. The zero-order valence-electron chi connectivity index (χ0n) is 11.6. The molecule has 112 valence electrons. The second-order valence-electron chi connectivity index (χ2n) is 6.58. The van der Waals surface area contributed by atoms with Crippen LogP contribution in [0.4, 0.5) is 13.2 Å². The van der Waals surface area contributed by atoms with Gasteiger partial charge in [-0.2, -0.15) is 13.2 Å². The summed E-state index contributed by atoms with van der Waals surface area (Å²) in [5, 5.41) is 3.49. The molecule has 0 radical (unpaired) electrons. The minimum atomic E-state index is -4.08. The monoisotopic (exact) mass is 278 g/mol. The summed E-state index contributed by atoms with van der Waals surface area (Å²) in [4.78, 5) is 0. The molecule has 3 N–H and O–H groups in total. The molecule has 5 heteroatoms. The van der Waals surface area contributed by atoms with Crippen LogP contribution in [0.3, 0.4) is 0 Å². The van der Waals surface area contributed by atoms with Crippen LogP contribution in [0.2, 0.25) is 0 Å². The van der Waals surface area contributed by atoms with Crippen LogP contribution in [0.25, 0.3) is 0 Å². The zero-order chi connectivity index (χ0) is 14.1. The fourth-order valence-electron chi connectivity index (χ4n) is 3.79. The Bertz CT molecular complexity index is 306. The summed E-state index contributed by atoms with van der Waals surface area (Å²) in [6, 6.07) is 0.352. The summed E-state index contributed by atoms with van der Waals surface area (Å²) in [6.45, 7) is 2.51. The molecule has 2 rings (SSSR count). The van der Waals surface area contributed by atoms with Gasteiger partial charge in [-0.25, -0.2) is 0 Å². The third-order valence-electron chi connectivity index (χ3n) is 4.90. The largest absolute Gasteiger partial charge is 0.391 e. The van der Waals surface area contributed by atoms with Gasteiger partial charge in [-0.15, -0.1) is 0 Å². The first-order valence-corrected chi connectivity index (χ1v) is 7.39. The number of nitrogens with two attached hydrogens (primary N) is 1. The summed E-state index contributed by atoms with van der Waals surface area (Å²) in [5.41, 5.74) is 5.33. The number of hydrogen-bond acceptors (Lipinski definition) is 2. The van der Waals surface area contributed by atoms with Gasteiger partial charge in [-0.3, -0.25) is 0 Å². The third kappa shape index (κ3) is 3.63. The Kier molecular flexibility index (Phi) is 4.45. The van der Waals surface area contributed by atoms with Crippen molar-refractivity contribution in [1.82, 2.24) is 5.32 Å². The number of rotatable bonds is 3. The maximum atomic E-state index is 12.9. The van der Waals surface area contributed by atoms with Crippen molar-refractivity contribution in [3.8, 4) is 0 Å². The maximum Gasteiger partial charge on any atom is 0.391 e. The summed E-state index contributed by atoms with van der Waals surface area (Å²) in [6.07, 6.45) is 1.04. The molecule has 0 saturated heterocycles. The molecule has 0 aliphatic heterocycles. The highest BCUT2D eigenvalue weighted by Crippen LogP contribution is 2.42. The Morgan fingerprint density at radius 3 is 2.53 bits per heavy atom. The molecule has 2 aliphatic rings. The molecule has 0 heterocycles. The predicted octanol–water partition coefficient (Wildman–Crippen LogP) is 3.21. The van der Waals surface area contributed by atoms with Gasteiger partial charge in [0, 0.05) is 18.1 Å². The summed E-state index contributed by atoms with van der Waals surface area (Å²) in [5.74, 6) is -0.509. The van der Waals surface area contributed by atoms with Gasteiger partial charge in [0.1, 0.15) is 0 Å². The smallest absolute Gasteiger partial charge is 0.329 e. The predicted molar refractivity (Wildman–Crippen MR) is 69.7 cm³/mol. The summed E-state index contributed by atoms with van der Waals surface area (Å²) >= 11 is 0. The van der Waals surface area contributed by atoms with Crippen LogP contribution >= 0.6 is 0 Å². The van der Waals surface area contributed by atoms with E-state index in [0.29, 0.717) is 24.9 Å². The molecule has 0 aromatic heterocycles. The SMILES string of the molecule is CC1CCC(NC2(CN)CCCC(C(F)(F)F)C2)C1. The van der Waals surface area contributed by atoms with Crippen LogP contribution in [0.1, 0.15) is 51.9 Å². The molecule has 4 unspecified atom stereocenters. The van der Waals surface area contributed by atoms with Crippen LogP contribution in [-0.4, -0.2) is 24.3 Å². The van der Waals surface area contributed by atoms with Gasteiger partial charge in [0.15, 0.2) is 0 Å². The average Bonchev–Trinajstić information content (AvgIpc) is 2.74. The number of hydrogen-bond donors (Lipinski definition) is 2. The van der Waals surface area contributed by atoms with Crippen LogP contribution in [0.15, 0.2) is 0 Å². The van der Waals surface area contributed by atoms with Crippen LogP contribution in [0.5, 0.6) is 0 Å². The van der Waals surface area contributed by atoms with Crippen LogP contribution in [0, 0.1) is 11.8 Å². The van der Waals surface area contributed by atoms with Crippen LogP contribution < -0.4 is 11.1 Å². The average molecular weight is 278 g/mol. The second-order valence-corrected chi connectivity index (χ2v) is 6.58. The molecule has 0 spiro atoms. The second kappa shape index (κ2) is 5.60. The van der Waals surface area contributed by atoms with Crippen molar-refractivity contribution in [2.75, 3.05) is 6.54 Å². The van der Waals surface area contributed by atoms with E-state index in [1.807, 2.05) is 0 Å². The lowest BCUT2D eigenvalue weighted by Crippen LogP contribution is -2.58. The van der Waals surface area contributed by atoms with E-state index in [1.54, 1.807) is 0 Å². The van der Waals surface area contributed by atoms with E-state index in [9.17, 15) is 13.2 Å². The highest BCUT2D eigenvalue weighted by atomic mass is 19.4. The summed E-state index contributed by atoms with van der Waals surface area (Å²) in [7, 11) is 0. The molecule has 0 aromatic carbocycles. The number of alkyl halides is 3. The molecule has 2 nitrogen and oxygen atoms in total. The molecule has 0 bridgehead atoms. The normalized spacial score (nSPS) is 40.6. The minimum Gasteiger partial charge on any atom is -0.329 e. The van der Waals surface area contributed by atoms with Crippen molar-refractivity contribution in [3.05, 3.63) is 0 Å². The summed E-state index contributed by atoms with van der Waals surface area (Å²) < 4.78 is 38.8. The van der Waals surface area contributed by atoms with E-state index < -0.39 is 17.6 Å². The van der Waals surface area contributed by atoms with Crippen LogP contribution in [-0.2, 0) is 0 Å². The Balaban J connectivity index is 2.00. The first kappa shape index (κ1) is 15.1. The van der Waals surface area contributed by atoms with E-state index in [1.165, 1.54) is 6.42 Å². The zero-order valence-corrected chi connectivity index (χ0v) is 11.6. The van der Waals surface area contributed by atoms with Crippen molar-refractivity contribution < 1.29 is 13.2 Å². The Morgan fingerprint density at radius 1 is 1.26 bits per heavy atom. The highest BCUT2D eigenvalue weighted by Gasteiger charge is 2.47. The molecular weight excluding hydrogens is 253 g/mol. The van der Waals surface area contributed by atoms with Gasteiger partial charge in [0.05, 0.1) is 5.92 Å². The van der Waals surface area contributed by atoms with Gasteiger partial charge in [-0.05, 0) is 44.4 Å². The first-order valence-electron chi connectivity index (χ1n) is 7.39. The number of nitrogens with one attached hydrogen (secondary N) is 1. The van der Waals surface area contributed by atoms with Crippen molar-refractivity contribution in [2.45, 2.75) is 69.6 Å². The molecule has 0 amide bonds. The molecule has 2 saturated carbocycles. The quantitative estimate of drug-likeness (QED) is 0.832. The van der Waals surface area contributed by atoms with Gasteiger partial charge >= 0.3 is 6.18 Å². The Labute approximate surface area is 113 Å². The molecule has 2 fully saturated rings. The van der Waals surface area contributed by atoms with Crippen molar-refractivity contribution >= 4 is 0 Å². The van der Waals surface area contributed by atoms with Gasteiger partial charge in [0.2, 0.25) is 0 Å². The van der Waals surface area contributed by atoms with E-state index in [0.717, 1.165) is 19.3 Å². The van der Waals surface area contributed by atoms with Crippen molar-refractivity contribution in [1.29, 1.82) is 0 Å². The van der Waals surface area contributed by atoms with Gasteiger partial charge in [0.25, 0.3) is 0 Å². The van der Waals surface area contributed by atoms with Gasteiger partial charge in [-0.1, -0.05) is 13.3 Å². The molecule has 4 atom stereocenters. The minimum absolute atomic E-state index is 0.151. The fraction of sp³-hybridized carbons (Fsp3) is 1.00. The molecule has 19 heavy (non-hydrogen) atoms. The standard InChI is InChI=1S/C14H25F3N2/c1-10-4-5-12(7-10)19-13(9-18)6-2-3-11(8-13)14(15,16)17/h10-12,19H,2-9,18H2,1H3. The maximum absolute atomic E-state index is 12.9. The van der Waals surface area contributed by atoms with Crippen molar-refractivity contribution in [3.63, 3.8) is 0 Å². The lowest BCUT2D eigenvalue weighted by molar-refractivity contribution is -0.188. The first-order chi connectivity index (χ1) is 8.85.